The van der Waals surface area contributed by atoms with E-state index < -0.39 is 0 Å². The van der Waals surface area contributed by atoms with Crippen molar-refractivity contribution in [2.75, 3.05) is 0 Å². The van der Waals surface area contributed by atoms with E-state index in [-0.39, 0.29) is 6.10 Å². The molecular formula is C9H16O2. The number of aliphatic hydroxyl groups excluding tert-OH is 1. The highest BCUT2D eigenvalue weighted by atomic mass is 16.3. The van der Waals surface area contributed by atoms with Crippen LogP contribution in [0.1, 0.15) is 38.5 Å². The first kappa shape index (κ1) is 8.72. The van der Waals surface area contributed by atoms with Crippen LogP contribution in [-0.4, -0.2) is 17.5 Å². The van der Waals surface area contributed by atoms with E-state index in [9.17, 15) is 9.90 Å². The van der Waals surface area contributed by atoms with Gasteiger partial charge in [-0.15, -0.1) is 0 Å². The molecule has 2 nitrogen and oxygen atoms in total. The number of rotatable bonds is 3. The Kier molecular flexibility index (Phi) is 3.57. The second kappa shape index (κ2) is 4.50. The summed E-state index contributed by atoms with van der Waals surface area (Å²) in [6.07, 6.45) is 6.73. The van der Waals surface area contributed by atoms with Gasteiger partial charge in [0.15, 0.2) is 0 Å². The number of carbonyl (C=O) groups is 1. The minimum Gasteiger partial charge on any atom is -0.392 e. The molecule has 1 saturated carbocycles. The summed E-state index contributed by atoms with van der Waals surface area (Å²) in [4.78, 5) is 10.1. The maximum absolute atomic E-state index is 10.1. The molecule has 0 bridgehead atoms. The number of hydrogen-bond acceptors (Lipinski definition) is 2. The van der Waals surface area contributed by atoms with Crippen molar-refractivity contribution in [2.45, 2.75) is 44.6 Å². The molecule has 1 aliphatic rings. The average molecular weight is 156 g/mol. The standard InChI is InChI=1S/C9H16O2/c10-7-6-9(11)8-4-2-1-3-5-8/h7-9,11H,1-6H2. The first-order valence-corrected chi connectivity index (χ1v) is 4.46. The van der Waals surface area contributed by atoms with Crippen LogP contribution in [0.25, 0.3) is 0 Å². The van der Waals surface area contributed by atoms with Crippen LogP contribution >= 0.6 is 0 Å². The fourth-order valence-electron chi connectivity index (χ4n) is 1.81. The highest BCUT2D eigenvalue weighted by molar-refractivity contribution is 5.50. The number of aliphatic hydroxyl groups is 1. The monoisotopic (exact) mass is 156 g/mol. The summed E-state index contributed by atoms with van der Waals surface area (Å²) in [5.74, 6) is 0.397. The summed E-state index contributed by atoms with van der Waals surface area (Å²) in [6, 6.07) is 0. The molecule has 0 aliphatic heterocycles. The highest BCUT2D eigenvalue weighted by Crippen LogP contribution is 2.27. The van der Waals surface area contributed by atoms with Gasteiger partial charge in [-0.3, -0.25) is 0 Å². The summed E-state index contributed by atoms with van der Waals surface area (Å²) < 4.78 is 0. The smallest absolute Gasteiger partial charge is 0.122 e. The van der Waals surface area contributed by atoms with Gasteiger partial charge < -0.3 is 9.90 Å². The van der Waals surface area contributed by atoms with Crippen LogP contribution in [0.4, 0.5) is 0 Å². The molecule has 64 valence electrons. The van der Waals surface area contributed by atoms with Crippen LogP contribution in [0.15, 0.2) is 0 Å². The summed E-state index contributed by atoms with van der Waals surface area (Å²) in [6.45, 7) is 0. The maximum atomic E-state index is 10.1. The summed E-state index contributed by atoms with van der Waals surface area (Å²) >= 11 is 0. The third-order valence-corrected chi connectivity index (χ3v) is 2.53. The van der Waals surface area contributed by atoms with Crippen molar-refractivity contribution < 1.29 is 9.90 Å². The number of carbonyl (C=O) groups excluding carboxylic acids is 1. The third kappa shape index (κ3) is 2.62. The lowest BCUT2D eigenvalue weighted by Gasteiger charge is -2.25. The van der Waals surface area contributed by atoms with Gasteiger partial charge in [0.25, 0.3) is 0 Å². The van der Waals surface area contributed by atoms with Crippen LogP contribution in [0.5, 0.6) is 0 Å². The lowest BCUT2D eigenvalue weighted by atomic mass is 9.84. The molecule has 0 aromatic carbocycles. The lowest BCUT2D eigenvalue weighted by molar-refractivity contribution is -0.110. The van der Waals surface area contributed by atoms with Gasteiger partial charge in [0.2, 0.25) is 0 Å². The Bertz CT molecular complexity index is 117. The molecule has 1 aliphatic carbocycles. The Balaban J connectivity index is 2.26. The topological polar surface area (TPSA) is 37.3 Å². The minimum atomic E-state index is -0.368. The largest absolute Gasteiger partial charge is 0.392 e. The Hall–Kier alpha value is -0.370. The molecule has 1 unspecified atom stereocenters. The first-order valence-electron chi connectivity index (χ1n) is 4.46. The van der Waals surface area contributed by atoms with E-state index in [4.69, 9.17) is 0 Å². The van der Waals surface area contributed by atoms with E-state index in [1.54, 1.807) is 0 Å². The van der Waals surface area contributed by atoms with Crippen LogP contribution < -0.4 is 0 Å². The van der Waals surface area contributed by atoms with E-state index in [2.05, 4.69) is 0 Å². The Labute approximate surface area is 67.6 Å². The van der Waals surface area contributed by atoms with Crippen molar-refractivity contribution >= 4 is 6.29 Å². The second-order valence-corrected chi connectivity index (χ2v) is 3.37. The van der Waals surface area contributed by atoms with Crippen molar-refractivity contribution in [1.82, 2.24) is 0 Å². The predicted octanol–water partition coefficient (Wildman–Crippen LogP) is 1.52. The van der Waals surface area contributed by atoms with Gasteiger partial charge in [-0.1, -0.05) is 19.3 Å². The molecule has 0 radical (unpaired) electrons. The first-order chi connectivity index (χ1) is 5.34. The van der Waals surface area contributed by atoms with E-state index in [0.29, 0.717) is 12.3 Å². The van der Waals surface area contributed by atoms with Crippen molar-refractivity contribution in [3.05, 3.63) is 0 Å². The average Bonchev–Trinajstić information content (AvgIpc) is 2.07. The fraction of sp³-hybridized carbons (Fsp3) is 0.889. The van der Waals surface area contributed by atoms with E-state index >= 15 is 0 Å². The quantitative estimate of drug-likeness (QED) is 0.629. The minimum absolute atomic E-state index is 0.324. The SMILES string of the molecule is O=CCC(O)C1CCCCC1. The van der Waals surface area contributed by atoms with Gasteiger partial charge in [-0.25, -0.2) is 0 Å². The zero-order valence-electron chi connectivity index (χ0n) is 6.83. The van der Waals surface area contributed by atoms with Gasteiger partial charge in [0.1, 0.15) is 6.29 Å². The van der Waals surface area contributed by atoms with Gasteiger partial charge in [0.05, 0.1) is 6.10 Å². The van der Waals surface area contributed by atoms with Crippen LogP contribution in [0.3, 0.4) is 0 Å². The molecule has 0 aromatic heterocycles. The highest BCUT2D eigenvalue weighted by Gasteiger charge is 2.20. The molecule has 0 heterocycles. The molecular weight excluding hydrogens is 140 g/mol. The fourth-order valence-corrected chi connectivity index (χ4v) is 1.81. The molecule has 2 heteroatoms. The third-order valence-electron chi connectivity index (χ3n) is 2.53. The Morgan fingerprint density at radius 3 is 2.55 bits per heavy atom. The van der Waals surface area contributed by atoms with Gasteiger partial charge in [-0.05, 0) is 18.8 Å². The van der Waals surface area contributed by atoms with Gasteiger partial charge in [-0.2, -0.15) is 0 Å². The van der Waals surface area contributed by atoms with E-state index in [1.807, 2.05) is 0 Å². The van der Waals surface area contributed by atoms with Crippen LogP contribution in [0, 0.1) is 5.92 Å². The summed E-state index contributed by atoms with van der Waals surface area (Å²) in [7, 11) is 0. The molecule has 1 N–H and O–H groups in total. The van der Waals surface area contributed by atoms with Crippen LogP contribution in [-0.2, 0) is 4.79 Å². The second-order valence-electron chi connectivity index (χ2n) is 3.37. The van der Waals surface area contributed by atoms with Crippen molar-refractivity contribution in [1.29, 1.82) is 0 Å². The predicted molar refractivity (Wildman–Crippen MR) is 43.3 cm³/mol. The molecule has 0 saturated heterocycles. The molecule has 0 amide bonds. The van der Waals surface area contributed by atoms with Gasteiger partial charge in [0, 0.05) is 6.42 Å². The molecule has 1 fully saturated rings. The zero-order valence-corrected chi connectivity index (χ0v) is 6.83. The summed E-state index contributed by atoms with van der Waals surface area (Å²) in [5.41, 5.74) is 0. The van der Waals surface area contributed by atoms with Crippen LogP contribution in [0.2, 0.25) is 0 Å². The number of aldehydes is 1. The summed E-state index contributed by atoms with van der Waals surface area (Å²) in [5, 5.41) is 9.44. The molecule has 1 rings (SSSR count). The molecule has 0 aromatic rings. The van der Waals surface area contributed by atoms with Crippen molar-refractivity contribution in [2.24, 2.45) is 5.92 Å². The van der Waals surface area contributed by atoms with E-state index in [0.717, 1.165) is 19.1 Å². The van der Waals surface area contributed by atoms with E-state index in [1.165, 1.54) is 19.3 Å². The molecule has 1 atom stereocenters. The van der Waals surface area contributed by atoms with Gasteiger partial charge >= 0.3 is 0 Å². The molecule has 0 spiro atoms. The normalized spacial score (nSPS) is 23.0. The molecule has 11 heavy (non-hydrogen) atoms. The lowest BCUT2D eigenvalue weighted by Crippen LogP contribution is -2.22. The Morgan fingerprint density at radius 1 is 1.36 bits per heavy atom. The number of hydrogen-bond donors (Lipinski definition) is 1. The zero-order chi connectivity index (χ0) is 8.10. The maximum Gasteiger partial charge on any atom is 0.122 e. The van der Waals surface area contributed by atoms with Crippen molar-refractivity contribution in [3.63, 3.8) is 0 Å². The Morgan fingerprint density at radius 2 is 2.00 bits per heavy atom. The van der Waals surface area contributed by atoms with Crippen molar-refractivity contribution in [3.8, 4) is 0 Å².